The topological polar surface area (TPSA) is 29.1 Å². The molecule has 0 aliphatic carbocycles. The second-order valence-electron chi connectivity index (χ2n) is 8.93. The summed E-state index contributed by atoms with van der Waals surface area (Å²) >= 11 is 5.58. The van der Waals surface area contributed by atoms with Gasteiger partial charge in [-0.1, -0.05) is 66.2 Å². The molecular weight excluding hydrogens is 566 g/mol. The summed E-state index contributed by atoms with van der Waals surface area (Å²) in [6.07, 6.45) is -10.0. The van der Waals surface area contributed by atoms with Crippen LogP contribution in [0.3, 0.4) is 0 Å². The van der Waals surface area contributed by atoms with E-state index in [1.165, 1.54) is 12.1 Å². The Balaban J connectivity index is 2.02. The highest BCUT2D eigenvalue weighted by Gasteiger charge is 2.41. The molecule has 208 valence electrons. The highest BCUT2D eigenvalue weighted by molar-refractivity contribution is 6.30. The zero-order valence-corrected chi connectivity index (χ0v) is 20.9. The average molecular weight is 584 g/mol. The van der Waals surface area contributed by atoms with Gasteiger partial charge < -0.3 is 5.32 Å². The summed E-state index contributed by atoms with van der Waals surface area (Å²) in [5, 5.41) is 1.82. The van der Waals surface area contributed by atoms with Gasteiger partial charge in [0.15, 0.2) is 0 Å². The van der Waals surface area contributed by atoms with Crippen molar-refractivity contribution in [3.8, 4) is 0 Å². The Bertz CT molecular complexity index is 1480. The fourth-order valence-corrected chi connectivity index (χ4v) is 4.49. The van der Waals surface area contributed by atoms with Gasteiger partial charge in [-0.05, 0) is 53.1 Å². The Hall–Kier alpha value is -3.92. The van der Waals surface area contributed by atoms with Crippen molar-refractivity contribution in [1.29, 1.82) is 0 Å². The number of benzene rings is 4. The first-order chi connectivity index (χ1) is 18.7. The fraction of sp³-hybridized carbons (Fsp3) is 0.138. The summed E-state index contributed by atoms with van der Waals surface area (Å²) in [5.41, 5.74) is -5.29. The molecule has 1 N–H and O–H groups in total. The van der Waals surface area contributed by atoms with E-state index in [4.69, 9.17) is 11.6 Å². The van der Waals surface area contributed by atoms with E-state index in [1.54, 1.807) is 30.3 Å². The van der Waals surface area contributed by atoms with Crippen molar-refractivity contribution in [2.24, 2.45) is 0 Å². The first kappa shape index (κ1) is 29.1. The Morgan fingerprint density at radius 1 is 0.650 bits per heavy atom. The van der Waals surface area contributed by atoms with Crippen molar-refractivity contribution in [3.05, 3.63) is 141 Å². The molecule has 0 bridgehead atoms. The van der Waals surface area contributed by atoms with E-state index in [0.29, 0.717) is 29.8 Å². The van der Waals surface area contributed by atoms with Crippen LogP contribution in [-0.4, -0.2) is 5.91 Å². The predicted octanol–water partition coefficient (Wildman–Crippen LogP) is 8.57. The molecule has 4 rings (SSSR count). The maximum absolute atomic E-state index is 14.7. The number of carbonyl (C=O) groups excluding carboxylic acids is 1. The predicted molar refractivity (Wildman–Crippen MR) is 133 cm³/mol. The van der Waals surface area contributed by atoms with Crippen LogP contribution in [0.2, 0.25) is 5.02 Å². The Morgan fingerprint density at radius 3 is 1.65 bits per heavy atom. The number of hydrogen-bond acceptors (Lipinski definition) is 1. The van der Waals surface area contributed by atoms with Gasteiger partial charge in [0.2, 0.25) is 0 Å². The maximum atomic E-state index is 14.7. The Morgan fingerprint density at radius 2 is 1.15 bits per heavy atom. The molecule has 2 nitrogen and oxygen atoms in total. The standard InChI is InChI=1S/C29H18ClF8NO/c30-23-15-24(31)22(14-25(23)32)26(40)39-27(16-17-6-2-1-3-7-17,18-8-4-10-20(12-18)28(33,34)35)19-9-5-11-21(13-19)29(36,37)38/h1-15H,16H2,(H,39,40). The highest BCUT2D eigenvalue weighted by atomic mass is 35.5. The van der Waals surface area contributed by atoms with Crippen LogP contribution < -0.4 is 5.32 Å². The molecule has 1 amide bonds. The number of carbonyl (C=O) groups is 1. The minimum absolute atomic E-state index is 0.242. The van der Waals surface area contributed by atoms with Crippen molar-refractivity contribution in [3.63, 3.8) is 0 Å². The van der Waals surface area contributed by atoms with Crippen molar-refractivity contribution in [2.75, 3.05) is 0 Å². The molecule has 4 aromatic carbocycles. The highest BCUT2D eigenvalue weighted by Crippen LogP contribution is 2.40. The van der Waals surface area contributed by atoms with Crippen LogP contribution in [0.4, 0.5) is 35.1 Å². The lowest BCUT2D eigenvalue weighted by Crippen LogP contribution is -2.49. The largest absolute Gasteiger partial charge is 0.416 e. The molecule has 0 aromatic heterocycles. The summed E-state index contributed by atoms with van der Waals surface area (Å²) in [7, 11) is 0. The van der Waals surface area contributed by atoms with Gasteiger partial charge in [0.1, 0.15) is 11.6 Å². The molecule has 0 fully saturated rings. The number of nitrogens with one attached hydrogen (secondary N) is 1. The summed E-state index contributed by atoms with van der Waals surface area (Å²) in [5.74, 6) is -3.69. The summed E-state index contributed by atoms with van der Waals surface area (Å²) in [4.78, 5) is 13.4. The lowest BCUT2D eigenvalue weighted by Gasteiger charge is -2.37. The molecule has 0 saturated heterocycles. The smallest absolute Gasteiger partial charge is 0.338 e. The first-order valence-electron chi connectivity index (χ1n) is 11.6. The van der Waals surface area contributed by atoms with Crippen LogP contribution in [0.25, 0.3) is 0 Å². The molecule has 11 heteroatoms. The molecule has 0 radical (unpaired) electrons. The van der Waals surface area contributed by atoms with E-state index in [-0.39, 0.29) is 17.5 Å². The maximum Gasteiger partial charge on any atom is 0.416 e. The Labute approximate surface area is 228 Å². The van der Waals surface area contributed by atoms with E-state index in [1.807, 2.05) is 0 Å². The lowest BCUT2D eigenvalue weighted by atomic mass is 9.76. The number of amides is 1. The fourth-order valence-electron chi connectivity index (χ4n) is 4.34. The minimum atomic E-state index is -4.84. The Kier molecular flexibility index (Phi) is 7.94. The number of halogens is 9. The summed E-state index contributed by atoms with van der Waals surface area (Å²) < 4.78 is 111. The average Bonchev–Trinajstić information content (AvgIpc) is 2.90. The molecular formula is C29H18ClF8NO. The van der Waals surface area contributed by atoms with Gasteiger partial charge in [-0.3, -0.25) is 4.79 Å². The quantitative estimate of drug-likeness (QED) is 0.179. The van der Waals surface area contributed by atoms with Gasteiger partial charge in [0.05, 0.1) is 27.3 Å². The van der Waals surface area contributed by atoms with Crippen molar-refractivity contribution < 1.29 is 39.9 Å². The second kappa shape index (κ2) is 10.9. The van der Waals surface area contributed by atoms with Crippen LogP contribution in [0, 0.1) is 11.6 Å². The van der Waals surface area contributed by atoms with Gasteiger partial charge in [-0.25, -0.2) is 8.78 Å². The van der Waals surface area contributed by atoms with Gasteiger partial charge in [-0.15, -0.1) is 0 Å². The van der Waals surface area contributed by atoms with Gasteiger partial charge in [0, 0.05) is 6.42 Å². The number of rotatable bonds is 6. The molecule has 0 aliphatic rings. The van der Waals surface area contributed by atoms with E-state index in [2.05, 4.69) is 5.32 Å². The van der Waals surface area contributed by atoms with E-state index < -0.39 is 57.1 Å². The number of hydrogen-bond donors (Lipinski definition) is 1. The molecule has 0 atom stereocenters. The minimum Gasteiger partial charge on any atom is -0.338 e. The molecule has 40 heavy (non-hydrogen) atoms. The molecule has 0 unspecified atom stereocenters. The monoisotopic (exact) mass is 583 g/mol. The van der Waals surface area contributed by atoms with Crippen molar-refractivity contribution in [1.82, 2.24) is 5.32 Å². The van der Waals surface area contributed by atoms with Crippen LogP contribution in [-0.2, 0) is 24.3 Å². The zero-order valence-electron chi connectivity index (χ0n) is 20.2. The molecule has 0 heterocycles. The third kappa shape index (κ3) is 6.12. The third-order valence-corrected chi connectivity index (χ3v) is 6.55. The third-order valence-electron chi connectivity index (χ3n) is 6.26. The molecule has 0 saturated carbocycles. The SMILES string of the molecule is O=C(NC(Cc1ccccc1)(c1cccc(C(F)(F)F)c1)c1cccc(C(F)(F)F)c1)c1cc(F)c(Cl)cc1F. The summed E-state index contributed by atoms with van der Waals surface area (Å²) in [6, 6.07) is 16.4. The van der Waals surface area contributed by atoms with Crippen molar-refractivity contribution >= 4 is 17.5 Å². The van der Waals surface area contributed by atoms with Crippen LogP contribution >= 0.6 is 11.6 Å². The summed E-state index contributed by atoms with van der Waals surface area (Å²) in [6.45, 7) is 0. The molecule has 4 aromatic rings. The lowest BCUT2D eigenvalue weighted by molar-refractivity contribution is -0.138. The van der Waals surface area contributed by atoms with Crippen molar-refractivity contribution in [2.45, 2.75) is 24.3 Å². The molecule has 0 spiro atoms. The van der Waals surface area contributed by atoms with Gasteiger partial charge in [0.25, 0.3) is 5.91 Å². The second-order valence-corrected chi connectivity index (χ2v) is 9.33. The van der Waals surface area contributed by atoms with Crippen LogP contribution in [0.1, 0.15) is 38.2 Å². The first-order valence-corrected chi connectivity index (χ1v) is 11.9. The van der Waals surface area contributed by atoms with Gasteiger partial charge >= 0.3 is 12.4 Å². The van der Waals surface area contributed by atoms with E-state index in [9.17, 15) is 39.9 Å². The van der Waals surface area contributed by atoms with Crippen LogP contribution in [0.15, 0.2) is 91.0 Å². The molecule has 0 aliphatic heterocycles. The van der Waals surface area contributed by atoms with Gasteiger partial charge in [-0.2, -0.15) is 26.3 Å². The normalized spacial score (nSPS) is 12.3. The van der Waals surface area contributed by atoms with Crippen LogP contribution in [0.5, 0.6) is 0 Å². The van der Waals surface area contributed by atoms with E-state index >= 15 is 0 Å². The zero-order chi connectivity index (χ0) is 29.3. The number of alkyl halides is 6. The van der Waals surface area contributed by atoms with E-state index in [0.717, 1.165) is 24.3 Å².